The van der Waals surface area contributed by atoms with Crippen LogP contribution < -0.4 is 0 Å². The first-order valence-corrected chi connectivity index (χ1v) is 11.2. The highest BCUT2D eigenvalue weighted by Gasteiger charge is 2.31. The molecule has 0 radical (unpaired) electrons. The summed E-state index contributed by atoms with van der Waals surface area (Å²) in [7, 11) is -3.52. The van der Waals surface area contributed by atoms with Crippen molar-refractivity contribution in [3.05, 3.63) is 69.7 Å². The Balaban J connectivity index is 1.66. The number of thiazole rings is 1. The smallest absolute Gasteiger partial charge is 0.241 e. The Kier molecular flexibility index (Phi) is 4.66. The van der Waals surface area contributed by atoms with E-state index in [0.717, 1.165) is 37.8 Å². The van der Waals surface area contributed by atoms with Crippen molar-refractivity contribution in [1.82, 2.24) is 9.29 Å². The van der Waals surface area contributed by atoms with E-state index >= 15 is 0 Å². The van der Waals surface area contributed by atoms with E-state index in [2.05, 4.69) is 0 Å². The van der Waals surface area contributed by atoms with Gasteiger partial charge in [0.15, 0.2) is 0 Å². The third-order valence-electron chi connectivity index (χ3n) is 5.13. The number of aromatic nitrogens is 1. The van der Waals surface area contributed by atoms with E-state index in [4.69, 9.17) is 4.98 Å². The number of sulfonamides is 1. The normalized spacial score (nSPS) is 14.9. The van der Waals surface area contributed by atoms with E-state index in [0.29, 0.717) is 24.4 Å². The van der Waals surface area contributed by atoms with E-state index in [1.807, 2.05) is 57.2 Å². The fourth-order valence-electron chi connectivity index (χ4n) is 3.43. The van der Waals surface area contributed by atoms with Crippen LogP contribution in [-0.4, -0.2) is 24.3 Å². The molecule has 0 N–H and O–H groups in total. The van der Waals surface area contributed by atoms with Crippen molar-refractivity contribution in [1.29, 1.82) is 0 Å². The molecule has 2 aromatic carbocycles. The quantitative estimate of drug-likeness (QED) is 0.653. The lowest BCUT2D eigenvalue weighted by molar-refractivity contribution is 0.392. The fraction of sp³-hybridized carbons (Fsp3) is 0.286. The number of aryl methyl sites for hydroxylation is 3. The van der Waals surface area contributed by atoms with Gasteiger partial charge < -0.3 is 0 Å². The molecular weight excluding hydrogens is 376 g/mol. The largest absolute Gasteiger partial charge is 0.243 e. The third kappa shape index (κ3) is 3.33. The summed E-state index contributed by atoms with van der Waals surface area (Å²) in [6, 6.07) is 13.8. The van der Waals surface area contributed by atoms with Crippen LogP contribution in [0.1, 0.15) is 27.3 Å². The second-order valence-corrected chi connectivity index (χ2v) is 10.0. The van der Waals surface area contributed by atoms with E-state index in [9.17, 15) is 8.42 Å². The van der Waals surface area contributed by atoms with Crippen LogP contribution in [0.4, 0.5) is 0 Å². The van der Waals surface area contributed by atoms with Gasteiger partial charge in [-0.25, -0.2) is 13.4 Å². The van der Waals surface area contributed by atoms with Gasteiger partial charge in [0, 0.05) is 23.4 Å². The van der Waals surface area contributed by atoms with Gasteiger partial charge >= 0.3 is 0 Å². The number of nitrogens with zero attached hydrogens (tertiary/aromatic N) is 2. The summed E-state index contributed by atoms with van der Waals surface area (Å²) in [5.41, 5.74) is 5.03. The van der Waals surface area contributed by atoms with Gasteiger partial charge in [-0.15, -0.1) is 11.3 Å². The van der Waals surface area contributed by atoms with Crippen molar-refractivity contribution >= 4 is 21.4 Å². The molecule has 3 aromatic rings. The van der Waals surface area contributed by atoms with E-state index in [1.165, 1.54) is 0 Å². The molecule has 0 unspecified atom stereocenters. The van der Waals surface area contributed by atoms with Crippen LogP contribution in [0.5, 0.6) is 0 Å². The summed E-state index contributed by atoms with van der Waals surface area (Å²) < 4.78 is 28.1. The molecule has 2 heterocycles. The summed E-state index contributed by atoms with van der Waals surface area (Å²) in [6.07, 6.45) is 0.655. The first kappa shape index (κ1) is 18.3. The van der Waals surface area contributed by atoms with Crippen LogP contribution in [0, 0.1) is 20.8 Å². The molecule has 0 aliphatic carbocycles. The standard InChI is InChI=1S/C21H22N2O2S2/c1-14-11-16(3)20(12-15(14)2)27(24,25)23-10-9-18-19(13-23)26-21(22-18)17-7-5-4-6-8-17/h4-8,11-12H,9-10,13H2,1-3H3. The van der Waals surface area contributed by atoms with Crippen LogP contribution in [0.3, 0.4) is 0 Å². The summed E-state index contributed by atoms with van der Waals surface area (Å²) in [5.74, 6) is 0. The van der Waals surface area contributed by atoms with Crippen molar-refractivity contribution in [2.24, 2.45) is 0 Å². The lowest BCUT2D eigenvalue weighted by Gasteiger charge is -2.26. The number of fused-ring (bicyclic) bond motifs is 1. The van der Waals surface area contributed by atoms with Gasteiger partial charge in [-0.3, -0.25) is 0 Å². The average molecular weight is 399 g/mol. The van der Waals surface area contributed by atoms with Crippen LogP contribution in [0.2, 0.25) is 0 Å². The van der Waals surface area contributed by atoms with Crippen molar-refractivity contribution in [3.8, 4) is 10.6 Å². The maximum absolute atomic E-state index is 13.3. The molecule has 0 amide bonds. The number of benzene rings is 2. The van der Waals surface area contributed by atoms with Crippen molar-refractivity contribution in [3.63, 3.8) is 0 Å². The molecule has 0 saturated carbocycles. The third-order valence-corrected chi connectivity index (χ3v) is 8.24. The molecule has 0 fully saturated rings. The highest BCUT2D eigenvalue weighted by Crippen LogP contribution is 2.34. The molecule has 0 spiro atoms. The molecule has 1 aliphatic rings. The first-order chi connectivity index (χ1) is 12.9. The molecule has 0 saturated heterocycles. The Bertz CT molecular complexity index is 1100. The summed E-state index contributed by atoms with van der Waals surface area (Å²) in [4.78, 5) is 6.22. The van der Waals surface area contributed by atoms with Crippen LogP contribution >= 0.6 is 11.3 Å². The van der Waals surface area contributed by atoms with Crippen LogP contribution in [0.15, 0.2) is 47.4 Å². The van der Waals surface area contributed by atoms with Gasteiger partial charge in [0.05, 0.1) is 17.1 Å². The molecule has 27 heavy (non-hydrogen) atoms. The lowest BCUT2D eigenvalue weighted by Crippen LogP contribution is -2.35. The second kappa shape index (κ2) is 6.86. The topological polar surface area (TPSA) is 50.3 Å². The summed E-state index contributed by atoms with van der Waals surface area (Å²) in [6.45, 7) is 6.70. The summed E-state index contributed by atoms with van der Waals surface area (Å²) in [5, 5.41) is 0.960. The van der Waals surface area contributed by atoms with Gasteiger partial charge in [-0.05, 0) is 43.5 Å². The minimum Gasteiger partial charge on any atom is -0.241 e. The maximum Gasteiger partial charge on any atom is 0.243 e. The fourth-order valence-corrected chi connectivity index (χ4v) is 6.34. The molecule has 0 atom stereocenters. The molecular formula is C21H22N2O2S2. The van der Waals surface area contributed by atoms with Crippen LogP contribution in [-0.2, 0) is 23.0 Å². The monoisotopic (exact) mass is 398 g/mol. The molecule has 0 bridgehead atoms. The maximum atomic E-state index is 13.3. The number of rotatable bonds is 3. The van der Waals surface area contributed by atoms with E-state index in [-0.39, 0.29) is 0 Å². The minimum atomic E-state index is -3.52. The molecule has 4 nitrogen and oxygen atoms in total. The number of hydrogen-bond donors (Lipinski definition) is 0. The Morgan fingerprint density at radius 2 is 1.70 bits per heavy atom. The Morgan fingerprint density at radius 1 is 1.00 bits per heavy atom. The van der Waals surface area contributed by atoms with Gasteiger partial charge in [-0.1, -0.05) is 36.4 Å². The highest BCUT2D eigenvalue weighted by molar-refractivity contribution is 7.89. The molecule has 6 heteroatoms. The SMILES string of the molecule is Cc1cc(C)c(S(=O)(=O)N2CCc3nc(-c4ccccc4)sc3C2)cc1C. The first-order valence-electron chi connectivity index (χ1n) is 8.98. The minimum absolute atomic E-state index is 0.397. The Labute approximate surface area is 164 Å². The predicted molar refractivity (Wildman–Crippen MR) is 110 cm³/mol. The van der Waals surface area contributed by atoms with Crippen LogP contribution in [0.25, 0.3) is 10.6 Å². The molecule has 4 rings (SSSR count). The van der Waals surface area contributed by atoms with Gasteiger partial charge in [0.25, 0.3) is 0 Å². The Morgan fingerprint density at radius 3 is 2.44 bits per heavy atom. The van der Waals surface area contributed by atoms with Crippen molar-refractivity contribution in [2.75, 3.05) is 6.54 Å². The zero-order valence-corrected chi connectivity index (χ0v) is 17.3. The second-order valence-electron chi connectivity index (χ2n) is 7.05. The number of hydrogen-bond acceptors (Lipinski definition) is 4. The van der Waals surface area contributed by atoms with Gasteiger partial charge in [-0.2, -0.15) is 4.31 Å². The highest BCUT2D eigenvalue weighted by atomic mass is 32.2. The molecule has 1 aliphatic heterocycles. The predicted octanol–water partition coefficient (Wildman–Crippen LogP) is 4.48. The summed E-state index contributed by atoms with van der Waals surface area (Å²) >= 11 is 1.60. The van der Waals surface area contributed by atoms with Crippen molar-refractivity contribution < 1.29 is 8.42 Å². The average Bonchev–Trinajstić information content (AvgIpc) is 3.08. The van der Waals surface area contributed by atoms with E-state index in [1.54, 1.807) is 21.7 Å². The van der Waals surface area contributed by atoms with Gasteiger partial charge in [0.1, 0.15) is 5.01 Å². The van der Waals surface area contributed by atoms with Crippen molar-refractivity contribution in [2.45, 2.75) is 38.6 Å². The molecule has 140 valence electrons. The zero-order valence-electron chi connectivity index (χ0n) is 15.7. The Hall–Kier alpha value is -2.02. The van der Waals surface area contributed by atoms with E-state index < -0.39 is 10.0 Å². The lowest BCUT2D eigenvalue weighted by atomic mass is 10.1. The molecule has 1 aromatic heterocycles. The zero-order chi connectivity index (χ0) is 19.2. The van der Waals surface area contributed by atoms with Gasteiger partial charge in [0.2, 0.25) is 10.0 Å².